The Bertz CT molecular complexity index is 624. The molecule has 1 aromatic carbocycles. The Labute approximate surface area is 119 Å². The second-order valence-electron chi connectivity index (χ2n) is 5.47. The highest BCUT2D eigenvalue weighted by atomic mass is 32.2. The van der Waals surface area contributed by atoms with Gasteiger partial charge in [0.05, 0.1) is 10.5 Å². The van der Waals surface area contributed by atoms with Crippen LogP contribution >= 0.6 is 0 Å². The van der Waals surface area contributed by atoms with Crippen LogP contribution in [0.5, 0.6) is 0 Å². The second kappa shape index (κ2) is 5.54. The van der Waals surface area contributed by atoms with Crippen molar-refractivity contribution in [2.45, 2.75) is 44.0 Å². The minimum Gasteiger partial charge on any atom is -0.478 e. The van der Waals surface area contributed by atoms with E-state index in [1.165, 1.54) is 25.1 Å². The van der Waals surface area contributed by atoms with Gasteiger partial charge in [-0.3, -0.25) is 0 Å². The first-order chi connectivity index (χ1) is 9.31. The minimum absolute atomic E-state index is 0.0210. The van der Waals surface area contributed by atoms with Gasteiger partial charge in [0.15, 0.2) is 0 Å². The van der Waals surface area contributed by atoms with Crippen LogP contribution in [0, 0.1) is 12.8 Å². The van der Waals surface area contributed by atoms with Crippen LogP contribution < -0.4 is 4.72 Å². The van der Waals surface area contributed by atoms with E-state index in [4.69, 9.17) is 5.11 Å². The number of carbonyl (C=O) groups is 1. The molecule has 2 rings (SSSR count). The molecule has 0 amide bonds. The Hall–Kier alpha value is -1.40. The van der Waals surface area contributed by atoms with Gasteiger partial charge in [0.1, 0.15) is 0 Å². The third kappa shape index (κ3) is 3.02. The zero-order chi connectivity index (χ0) is 14.9. The zero-order valence-electron chi connectivity index (χ0n) is 11.6. The van der Waals surface area contributed by atoms with E-state index >= 15 is 0 Å². The summed E-state index contributed by atoms with van der Waals surface area (Å²) in [6.45, 7) is 3.62. The number of aromatic carboxylic acids is 1. The zero-order valence-corrected chi connectivity index (χ0v) is 12.4. The van der Waals surface area contributed by atoms with Crippen molar-refractivity contribution in [1.82, 2.24) is 4.72 Å². The van der Waals surface area contributed by atoms with Crippen LogP contribution in [0.3, 0.4) is 0 Å². The summed E-state index contributed by atoms with van der Waals surface area (Å²) in [5.74, 6) is -0.594. The summed E-state index contributed by atoms with van der Waals surface area (Å²) >= 11 is 0. The number of nitrogens with one attached hydrogen (secondary N) is 1. The molecule has 0 bridgehead atoms. The lowest BCUT2D eigenvalue weighted by atomic mass is 10.1. The molecule has 1 aliphatic carbocycles. The van der Waals surface area contributed by atoms with Crippen molar-refractivity contribution in [3.05, 3.63) is 29.3 Å². The van der Waals surface area contributed by atoms with Crippen molar-refractivity contribution in [2.75, 3.05) is 0 Å². The van der Waals surface area contributed by atoms with Gasteiger partial charge in [-0.2, -0.15) is 0 Å². The van der Waals surface area contributed by atoms with Crippen molar-refractivity contribution >= 4 is 16.0 Å². The smallest absolute Gasteiger partial charge is 0.335 e. The highest BCUT2D eigenvalue weighted by Gasteiger charge is 2.28. The summed E-state index contributed by atoms with van der Waals surface area (Å²) in [7, 11) is -3.67. The first-order valence-electron chi connectivity index (χ1n) is 6.66. The van der Waals surface area contributed by atoms with E-state index < -0.39 is 16.0 Å². The van der Waals surface area contributed by atoms with Crippen molar-refractivity contribution in [3.63, 3.8) is 0 Å². The van der Waals surface area contributed by atoms with Gasteiger partial charge in [-0.15, -0.1) is 0 Å². The van der Waals surface area contributed by atoms with Crippen LogP contribution in [0.2, 0.25) is 0 Å². The Morgan fingerprint density at radius 1 is 1.35 bits per heavy atom. The predicted octanol–water partition coefficient (Wildman–Crippen LogP) is 2.16. The van der Waals surface area contributed by atoms with Crippen LogP contribution in [-0.4, -0.2) is 25.5 Å². The summed E-state index contributed by atoms with van der Waals surface area (Å²) in [5, 5.41) is 9.06. The third-order valence-corrected chi connectivity index (χ3v) is 5.49. The third-order valence-electron chi connectivity index (χ3n) is 3.82. The summed E-state index contributed by atoms with van der Waals surface area (Å²) in [6, 6.07) is 4.27. The minimum atomic E-state index is -3.67. The molecule has 1 fully saturated rings. The fourth-order valence-electron chi connectivity index (χ4n) is 2.73. The maximum atomic E-state index is 12.4. The van der Waals surface area contributed by atoms with E-state index in [0.717, 1.165) is 19.3 Å². The summed E-state index contributed by atoms with van der Waals surface area (Å²) in [4.78, 5) is 11.1. The first-order valence-corrected chi connectivity index (χ1v) is 8.15. The topological polar surface area (TPSA) is 83.5 Å². The quantitative estimate of drug-likeness (QED) is 0.892. The van der Waals surface area contributed by atoms with Crippen molar-refractivity contribution in [1.29, 1.82) is 0 Å². The lowest BCUT2D eigenvalue weighted by Gasteiger charge is -2.15. The van der Waals surface area contributed by atoms with Gasteiger partial charge in [-0.1, -0.05) is 13.0 Å². The van der Waals surface area contributed by atoms with Crippen molar-refractivity contribution < 1.29 is 18.3 Å². The lowest BCUT2D eigenvalue weighted by Crippen LogP contribution is -2.33. The van der Waals surface area contributed by atoms with E-state index in [1.54, 1.807) is 0 Å². The second-order valence-corrected chi connectivity index (χ2v) is 7.15. The highest BCUT2D eigenvalue weighted by Crippen LogP contribution is 2.27. The molecule has 2 unspecified atom stereocenters. The van der Waals surface area contributed by atoms with Crippen LogP contribution in [-0.2, 0) is 10.0 Å². The highest BCUT2D eigenvalue weighted by molar-refractivity contribution is 7.89. The van der Waals surface area contributed by atoms with E-state index in [9.17, 15) is 13.2 Å². The number of sulfonamides is 1. The average Bonchev–Trinajstić information content (AvgIpc) is 2.73. The van der Waals surface area contributed by atoms with Crippen molar-refractivity contribution in [2.24, 2.45) is 5.92 Å². The molecule has 0 aliphatic heterocycles. The average molecular weight is 297 g/mol. The van der Waals surface area contributed by atoms with Crippen LogP contribution in [0.15, 0.2) is 23.1 Å². The Kier molecular flexibility index (Phi) is 4.15. The van der Waals surface area contributed by atoms with Gasteiger partial charge in [0.25, 0.3) is 0 Å². The fraction of sp³-hybridized carbons (Fsp3) is 0.500. The van der Waals surface area contributed by atoms with Crippen LogP contribution in [0.1, 0.15) is 42.1 Å². The molecule has 0 radical (unpaired) electrons. The number of carboxylic acids is 1. The number of hydrogen-bond acceptors (Lipinski definition) is 3. The molecule has 2 atom stereocenters. The summed E-state index contributed by atoms with van der Waals surface area (Å²) in [5.41, 5.74) is 0.297. The maximum Gasteiger partial charge on any atom is 0.335 e. The fourth-order valence-corrected chi connectivity index (χ4v) is 4.28. The largest absolute Gasteiger partial charge is 0.478 e. The van der Waals surface area contributed by atoms with Gasteiger partial charge in [-0.25, -0.2) is 17.9 Å². The number of carboxylic acid groups (broad SMARTS) is 1. The monoisotopic (exact) mass is 297 g/mol. The number of rotatable bonds is 4. The molecule has 0 aromatic heterocycles. The normalized spacial score (nSPS) is 22.9. The van der Waals surface area contributed by atoms with E-state index in [0.29, 0.717) is 5.92 Å². The molecule has 5 nitrogen and oxygen atoms in total. The molecule has 6 heteroatoms. The van der Waals surface area contributed by atoms with Gasteiger partial charge in [0, 0.05) is 6.04 Å². The van der Waals surface area contributed by atoms with E-state index in [1.807, 2.05) is 0 Å². The first kappa shape index (κ1) is 15.0. The van der Waals surface area contributed by atoms with Gasteiger partial charge < -0.3 is 5.11 Å². The number of hydrogen-bond donors (Lipinski definition) is 2. The SMILES string of the molecule is Cc1c(C(=O)O)cccc1S(=O)(=O)NC1CCC(C)C1. The maximum absolute atomic E-state index is 12.4. The van der Waals surface area contributed by atoms with Gasteiger partial charge in [0.2, 0.25) is 10.0 Å². The number of benzene rings is 1. The standard InChI is InChI=1S/C14H19NO4S/c1-9-6-7-11(8-9)15-20(18,19)13-5-3-4-12(10(13)2)14(16)17/h3-5,9,11,15H,6-8H2,1-2H3,(H,16,17). The predicted molar refractivity (Wildman–Crippen MR) is 75.3 cm³/mol. The summed E-state index contributed by atoms with van der Waals surface area (Å²) < 4.78 is 27.5. The van der Waals surface area contributed by atoms with Crippen molar-refractivity contribution in [3.8, 4) is 0 Å². The van der Waals surface area contributed by atoms with Gasteiger partial charge in [-0.05, 0) is 49.8 Å². The Morgan fingerprint density at radius 3 is 2.60 bits per heavy atom. The molecule has 1 aliphatic rings. The molecule has 0 saturated heterocycles. The van der Waals surface area contributed by atoms with E-state index in [-0.39, 0.29) is 22.1 Å². The molecule has 110 valence electrons. The van der Waals surface area contributed by atoms with Crippen LogP contribution in [0.4, 0.5) is 0 Å². The molecule has 2 N–H and O–H groups in total. The molecule has 1 saturated carbocycles. The molecule has 0 spiro atoms. The lowest BCUT2D eigenvalue weighted by molar-refractivity contribution is 0.0696. The molecule has 0 heterocycles. The van der Waals surface area contributed by atoms with Gasteiger partial charge >= 0.3 is 5.97 Å². The van der Waals surface area contributed by atoms with Crippen LogP contribution in [0.25, 0.3) is 0 Å². The molecule has 1 aromatic rings. The Morgan fingerprint density at radius 2 is 2.05 bits per heavy atom. The molecule has 20 heavy (non-hydrogen) atoms. The van der Waals surface area contributed by atoms with E-state index in [2.05, 4.69) is 11.6 Å². The summed E-state index contributed by atoms with van der Waals surface area (Å²) in [6.07, 6.45) is 2.68. The molecular formula is C14H19NO4S. The molecular weight excluding hydrogens is 278 g/mol. The Balaban J connectivity index is 2.30.